The number of amides is 1. The molecule has 0 radical (unpaired) electrons. The molecule has 7 nitrogen and oxygen atoms in total. The van der Waals surface area contributed by atoms with Crippen LogP contribution >= 0.6 is 11.3 Å². The molecule has 1 saturated heterocycles. The van der Waals surface area contributed by atoms with E-state index >= 15 is 0 Å². The summed E-state index contributed by atoms with van der Waals surface area (Å²) in [5.74, 6) is 0.0969. The van der Waals surface area contributed by atoms with Crippen LogP contribution in [0.5, 0.6) is 5.75 Å². The lowest BCUT2D eigenvalue weighted by molar-refractivity contribution is 0.0632. The van der Waals surface area contributed by atoms with Gasteiger partial charge in [0.2, 0.25) is 10.0 Å². The number of thiophene rings is 1. The topological polar surface area (TPSA) is 71.9 Å². The number of rotatable bonds is 6. The molecule has 0 unspecified atom stereocenters. The molecule has 1 aliphatic rings. The van der Waals surface area contributed by atoms with Gasteiger partial charge in [0.25, 0.3) is 5.91 Å². The van der Waals surface area contributed by atoms with Gasteiger partial charge in [-0.3, -0.25) is 4.79 Å². The second-order valence-corrected chi connectivity index (χ2v) is 11.6. The fourth-order valence-electron chi connectivity index (χ4n) is 4.65. The minimum absolute atomic E-state index is 0.164. The average Bonchev–Trinajstić information content (AvgIpc) is 3.46. The molecule has 188 valence electrons. The first-order valence-corrected chi connectivity index (χ1v) is 13.9. The van der Waals surface area contributed by atoms with Crippen LogP contribution in [-0.2, 0) is 16.6 Å². The van der Waals surface area contributed by atoms with Crippen molar-refractivity contribution in [1.82, 2.24) is 13.8 Å². The van der Waals surface area contributed by atoms with Gasteiger partial charge in [-0.15, -0.1) is 11.3 Å². The second-order valence-electron chi connectivity index (χ2n) is 8.82. The normalized spacial score (nSPS) is 17.0. The zero-order valence-corrected chi connectivity index (χ0v) is 21.6. The number of halogens is 1. The molecule has 2 aromatic carbocycles. The molecule has 0 aliphatic carbocycles. The number of hydrogen-bond donors (Lipinski definition) is 0. The van der Waals surface area contributed by atoms with Crippen LogP contribution in [-0.4, -0.2) is 60.9 Å². The van der Waals surface area contributed by atoms with Gasteiger partial charge in [0.15, 0.2) is 0 Å². The minimum Gasteiger partial charge on any atom is -0.497 e. The highest BCUT2D eigenvalue weighted by Crippen LogP contribution is 2.29. The molecule has 0 N–H and O–H groups in total. The number of hydrogen-bond acceptors (Lipinski definition) is 5. The van der Waals surface area contributed by atoms with Crippen LogP contribution in [0.3, 0.4) is 0 Å². The average molecular weight is 528 g/mol. The van der Waals surface area contributed by atoms with Gasteiger partial charge in [-0.1, -0.05) is 12.1 Å². The predicted octanol–water partition coefficient (Wildman–Crippen LogP) is 4.43. The number of nitrogens with zero attached hydrogens (tertiary/aromatic N) is 3. The Balaban J connectivity index is 1.37. The van der Waals surface area contributed by atoms with Gasteiger partial charge >= 0.3 is 0 Å². The quantitative estimate of drug-likeness (QED) is 0.372. The highest BCUT2D eigenvalue weighted by Gasteiger charge is 2.36. The van der Waals surface area contributed by atoms with Crippen LogP contribution < -0.4 is 4.74 Å². The van der Waals surface area contributed by atoms with E-state index in [1.165, 1.54) is 47.0 Å². The van der Waals surface area contributed by atoms with Crippen LogP contribution in [0.15, 0.2) is 70.9 Å². The monoisotopic (exact) mass is 527 g/mol. The summed E-state index contributed by atoms with van der Waals surface area (Å²) in [6, 6.07) is 16.1. The van der Waals surface area contributed by atoms with E-state index in [-0.39, 0.29) is 36.3 Å². The lowest BCUT2D eigenvalue weighted by atomic mass is 10.2. The summed E-state index contributed by atoms with van der Waals surface area (Å²) >= 11 is 1.53. The van der Waals surface area contributed by atoms with Gasteiger partial charge in [-0.25, -0.2) is 12.8 Å². The zero-order valence-electron chi connectivity index (χ0n) is 19.9. The molecule has 0 saturated carbocycles. The Morgan fingerprint density at radius 1 is 1.11 bits per heavy atom. The zero-order chi connectivity index (χ0) is 25.4. The SMILES string of the molecule is COc1ccc(S(=O)(=O)N2CCN(C(=O)c3cc4ccsc4n3Cc3cccc(F)c3)C[C@@H]2C)cc1. The molecular formula is C26H26FN3O4S2. The van der Waals surface area contributed by atoms with E-state index in [1.807, 2.05) is 35.1 Å². The first-order valence-electron chi connectivity index (χ1n) is 11.5. The summed E-state index contributed by atoms with van der Waals surface area (Å²) in [6.45, 7) is 2.92. The Labute approximate surface area is 213 Å². The highest BCUT2D eigenvalue weighted by molar-refractivity contribution is 7.89. The minimum atomic E-state index is -3.71. The molecule has 3 heterocycles. The van der Waals surface area contributed by atoms with E-state index in [9.17, 15) is 17.6 Å². The van der Waals surface area contributed by atoms with E-state index in [4.69, 9.17) is 4.74 Å². The molecule has 5 rings (SSSR count). The number of carbonyl (C=O) groups excluding carboxylic acids is 1. The molecular weight excluding hydrogens is 501 g/mol. The van der Waals surface area contributed by atoms with Crippen LogP contribution in [0.25, 0.3) is 10.2 Å². The number of benzene rings is 2. The summed E-state index contributed by atoms with van der Waals surface area (Å²) in [5, 5.41) is 2.92. The molecule has 1 aliphatic heterocycles. The lowest BCUT2D eigenvalue weighted by Crippen LogP contribution is -2.55. The molecule has 1 amide bonds. The largest absolute Gasteiger partial charge is 0.497 e. The van der Waals surface area contributed by atoms with E-state index in [0.29, 0.717) is 18.0 Å². The van der Waals surface area contributed by atoms with Crippen molar-refractivity contribution in [3.63, 3.8) is 0 Å². The predicted molar refractivity (Wildman–Crippen MR) is 138 cm³/mol. The van der Waals surface area contributed by atoms with Gasteiger partial charge in [-0.05, 0) is 66.4 Å². The maximum atomic E-state index is 13.8. The fraction of sp³-hybridized carbons (Fsp3) is 0.269. The van der Waals surface area contributed by atoms with Gasteiger partial charge in [0.1, 0.15) is 22.1 Å². The molecule has 4 aromatic rings. The number of methoxy groups -OCH3 is 1. The van der Waals surface area contributed by atoms with Crippen molar-refractivity contribution in [2.45, 2.75) is 24.4 Å². The van der Waals surface area contributed by atoms with Crippen molar-refractivity contribution in [3.05, 3.63) is 83.1 Å². The van der Waals surface area contributed by atoms with E-state index in [0.717, 1.165) is 15.8 Å². The molecule has 1 atom stereocenters. The second kappa shape index (κ2) is 9.68. The Hall–Kier alpha value is -3.21. The number of carbonyl (C=O) groups is 1. The lowest BCUT2D eigenvalue weighted by Gasteiger charge is -2.39. The van der Waals surface area contributed by atoms with Gasteiger partial charge in [0, 0.05) is 37.6 Å². The summed E-state index contributed by atoms with van der Waals surface area (Å²) in [7, 11) is -2.19. The Morgan fingerprint density at radius 2 is 1.89 bits per heavy atom. The smallest absolute Gasteiger partial charge is 0.270 e. The Kier molecular flexibility index (Phi) is 6.59. The number of fused-ring (bicyclic) bond motifs is 1. The van der Waals surface area contributed by atoms with Gasteiger partial charge in [0.05, 0.1) is 12.0 Å². The van der Waals surface area contributed by atoms with Crippen molar-refractivity contribution >= 4 is 37.5 Å². The maximum Gasteiger partial charge on any atom is 0.270 e. The number of ether oxygens (including phenoxy) is 1. The van der Waals surface area contributed by atoms with E-state index in [1.54, 1.807) is 23.1 Å². The van der Waals surface area contributed by atoms with Gasteiger partial charge in [-0.2, -0.15) is 4.31 Å². The third-order valence-electron chi connectivity index (χ3n) is 6.47. The van der Waals surface area contributed by atoms with Crippen molar-refractivity contribution in [3.8, 4) is 5.75 Å². The standard InChI is InChI=1S/C26H26FN3O4S2/c1-18-16-28(11-12-30(18)36(32,33)23-8-6-22(34-2)7-9-23)25(31)24-15-20-10-13-35-26(20)29(24)17-19-4-3-5-21(27)14-19/h3-10,13-15,18H,11-12,16-17H2,1-2H3/t18-/m0/s1. The van der Waals surface area contributed by atoms with E-state index < -0.39 is 16.1 Å². The molecule has 36 heavy (non-hydrogen) atoms. The fourth-order valence-corrected chi connectivity index (χ4v) is 7.16. The van der Waals surface area contributed by atoms with Crippen LogP contribution in [0, 0.1) is 5.82 Å². The Bertz CT molecular complexity index is 1510. The van der Waals surface area contributed by atoms with Crippen LogP contribution in [0.1, 0.15) is 23.0 Å². The summed E-state index contributed by atoms with van der Waals surface area (Å²) in [4.78, 5) is 16.5. The first kappa shape index (κ1) is 24.5. The van der Waals surface area contributed by atoms with Crippen molar-refractivity contribution in [2.24, 2.45) is 0 Å². The number of piperazine rings is 1. The van der Waals surface area contributed by atoms with Crippen molar-refractivity contribution in [1.29, 1.82) is 0 Å². The molecule has 0 spiro atoms. The van der Waals surface area contributed by atoms with Gasteiger partial charge < -0.3 is 14.2 Å². The van der Waals surface area contributed by atoms with E-state index in [2.05, 4.69) is 0 Å². The molecule has 1 fully saturated rings. The summed E-state index contributed by atoms with van der Waals surface area (Å²) in [5.41, 5.74) is 1.28. The third kappa shape index (κ3) is 4.52. The highest BCUT2D eigenvalue weighted by atomic mass is 32.2. The van der Waals surface area contributed by atoms with Crippen molar-refractivity contribution < 1.29 is 22.3 Å². The molecule has 10 heteroatoms. The summed E-state index contributed by atoms with van der Waals surface area (Å²) in [6.07, 6.45) is 0. The first-order chi connectivity index (χ1) is 17.3. The third-order valence-corrected chi connectivity index (χ3v) is 9.45. The molecule has 0 bridgehead atoms. The van der Waals surface area contributed by atoms with Crippen LogP contribution in [0.2, 0.25) is 0 Å². The summed E-state index contributed by atoms with van der Waals surface area (Å²) < 4.78 is 48.8. The van der Waals surface area contributed by atoms with Crippen molar-refractivity contribution in [2.75, 3.05) is 26.7 Å². The number of sulfonamides is 1. The molecule has 2 aromatic heterocycles. The Morgan fingerprint density at radius 3 is 2.58 bits per heavy atom. The van der Waals surface area contributed by atoms with Crippen LogP contribution in [0.4, 0.5) is 4.39 Å². The number of aromatic nitrogens is 1. The maximum absolute atomic E-state index is 13.8.